The lowest BCUT2D eigenvalue weighted by molar-refractivity contribution is -0.385. The number of nitro benzene ring substituents is 1. The van der Waals surface area contributed by atoms with Gasteiger partial charge in [0, 0.05) is 30.4 Å². The summed E-state index contributed by atoms with van der Waals surface area (Å²) in [5, 5.41) is 13.6. The smallest absolute Gasteiger partial charge is 0.275 e. The fraction of sp³-hybridized carbons (Fsp3) is 0.0769. The summed E-state index contributed by atoms with van der Waals surface area (Å²) >= 11 is 5.87. The quantitative estimate of drug-likeness (QED) is 0.520. The lowest BCUT2D eigenvalue weighted by atomic mass is 10.1. The predicted octanol–water partition coefficient (Wildman–Crippen LogP) is 4.28. The minimum absolute atomic E-state index is 0.0550. The highest BCUT2D eigenvalue weighted by Gasteiger charge is 2.17. The van der Waals surface area contributed by atoms with Gasteiger partial charge in [0.15, 0.2) is 17.5 Å². The number of nitrogens with one attached hydrogen (secondary N) is 1. The molecule has 0 saturated heterocycles. The summed E-state index contributed by atoms with van der Waals surface area (Å²) in [4.78, 5) is 10.3. The monoisotopic (exact) mass is 316 g/mol. The molecule has 0 aromatic heterocycles. The first-order valence-corrected chi connectivity index (χ1v) is 6.08. The van der Waals surface area contributed by atoms with E-state index in [1.807, 2.05) is 0 Å². The molecule has 0 aliphatic rings. The predicted molar refractivity (Wildman–Crippen MR) is 71.7 cm³/mol. The summed E-state index contributed by atoms with van der Waals surface area (Å²) in [5.74, 6) is -4.29. The molecule has 4 nitrogen and oxygen atoms in total. The standard InChI is InChI=1S/C13H8ClF3N2O2/c14-9-2-1-3-12(19(20)21)8(9)6-18-7-4-10(15)13(17)11(16)5-7/h1-5,18H,6H2. The lowest BCUT2D eigenvalue weighted by Gasteiger charge is -2.09. The number of nitrogens with zero attached hydrogens (tertiary/aromatic N) is 1. The summed E-state index contributed by atoms with van der Waals surface area (Å²) in [6.07, 6.45) is 0. The van der Waals surface area contributed by atoms with E-state index in [4.69, 9.17) is 11.6 Å². The first-order valence-electron chi connectivity index (χ1n) is 5.70. The minimum atomic E-state index is -1.58. The summed E-state index contributed by atoms with van der Waals surface area (Å²) in [6.45, 7) is -0.138. The number of nitro groups is 1. The zero-order valence-electron chi connectivity index (χ0n) is 10.4. The van der Waals surface area contributed by atoms with Gasteiger partial charge in [-0.2, -0.15) is 0 Å². The van der Waals surface area contributed by atoms with Crippen molar-refractivity contribution in [3.63, 3.8) is 0 Å². The summed E-state index contributed by atoms with van der Waals surface area (Å²) in [6, 6.07) is 5.63. The van der Waals surface area contributed by atoms with E-state index in [-0.39, 0.29) is 28.5 Å². The second-order valence-corrected chi connectivity index (χ2v) is 4.51. The molecule has 2 aromatic carbocycles. The normalized spacial score (nSPS) is 10.5. The van der Waals surface area contributed by atoms with E-state index in [1.54, 1.807) is 0 Å². The number of rotatable bonds is 4. The van der Waals surface area contributed by atoms with Crippen LogP contribution in [0.4, 0.5) is 24.5 Å². The maximum Gasteiger partial charge on any atom is 0.275 e. The molecule has 0 aliphatic heterocycles. The van der Waals surface area contributed by atoms with Crippen molar-refractivity contribution < 1.29 is 18.1 Å². The molecule has 2 rings (SSSR count). The van der Waals surface area contributed by atoms with Crippen LogP contribution in [-0.2, 0) is 6.54 Å². The zero-order chi connectivity index (χ0) is 15.6. The molecule has 2 aromatic rings. The number of halogens is 4. The van der Waals surface area contributed by atoms with Crippen molar-refractivity contribution in [3.8, 4) is 0 Å². The first-order chi connectivity index (χ1) is 9.90. The van der Waals surface area contributed by atoms with E-state index in [9.17, 15) is 23.3 Å². The maximum atomic E-state index is 13.1. The molecule has 0 radical (unpaired) electrons. The molecule has 0 amide bonds. The molecule has 0 fully saturated rings. The summed E-state index contributed by atoms with van der Waals surface area (Å²) in [7, 11) is 0. The molecule has 8 heteroatoms. The second kappa shape index (κ2) is 6.01. The largest absolute Gasteiger partial charge is 0.380 e. The molecular weight excluding hydrogens is 309 g/mol. The third kappa shape index (κ3) is 3.25. The van der Waals surface area contributed by atoms with Gasteiger partial charge in [0.2, 0.25) is 0 Å². The van der Waals surface area contributed by atoms with Gasteiger partial charge in [-0.15, -0.1) is 0 Å². The van der Waals surface area contributed by atoms with Crippen LogP contribution in [0.2, 0.25) is 5.02 Å². The summed E-state index contributed by atoms with van der Waals surface area (Å²) in [5.41, 5.74) is -0.118. The Hall–Kier alpha value is -2.28. The van der Waals surface area contributed by atoms with Gasteiger partial charge in [0.25, 0.3) is 5.69 Å². The van der Waals surface area contributed by atoms with E-state index >= 15 is 0 Å². The van der Waals surface area contributed by atoms with Crippen LogP contribution < -0.4 is 5.32 Å². The Labute approximate surface area is 122 Å². The second-order valence-electron chi connectivity index (χ2n) is 4.10. The molecule has 0 heterocycles. The van der Waals surface area contributed by atoms with Crippen molar-refractivity contribution in [1.82, 2.24) is 0 Å². The minimum Gasteiger partial charge on any atom is -0.380 e. The molecule has 0 atom stereocenters. The van der Waals surface area contributed by atoms with E-state index in [0.717, 1.165) is 12.1 Å². The van der Waals surface area contributed by atoms with Crippen molar-refractivity contribution >= 4 is 23.0 Å². The highest BCUT2D eigenvalue weighted by molar-refractivity contribution is 6.31. The average molecular weight is 317 g/mol. The molecule has 0 unspecified atom stereocenters. The van der Waals surface area contributed by atoms with Crippen LogP contribution in [0.15, 0.2) is 30.3 Å². The molecule has 0 spiro atoms. The third-order valence-corrected chi connectivity index (χ3v) is 3.10. The van der Waals surface area contributed by atoms with Crippen molar-refractivity contribution in [2.45, 2.75) is 6.54 Å². The van der Waals surface area contributed by atoms with Crippen molar-refractivity contribution in [3.05, 3.63) is 68.5 Å². The van der Waals surface area contributed by atoms with E-state index in [2.05, 4.69) is 5.32 Å². The van der Waals surface area contributed by atoms with Gasteiger partial charge < -0.3 is 5.32 Å². The Balaban J connectivity index is 2.27. The fourth-order valence-corrected chi connectivity index (χ4v) is 1.98. The highest BCUT2D eigenvalue weighted by atomic mass is 35.5. The molecule has 21 heavy (non-hydrogen) atoms. The number of benzene rings is 2. The number of hydrogen-bond acceptors (Lipinski definition) is 3. The van der Waals surface area contributed by atoms with Gasteiger partial charge in [-0.25, -0.2) is 13.2 Å². The lowest BCUT2D eigenvalue weighted by Crippen LogP contribution is -2.05. The summed E-state index contributed by atoms with van der Waals surface area (Å²) < 4.78 is 38.9. The fourth-order valence-electron chi connectivity index (χ4n) is 1.74. The van der Waals surface area contributed by atoms with Gasteiger partial charge in [-0.3, -0.25) is 10.1 Å². The van der Waals surface area contributed by atoms with Crippen LogP contribution >= 0.6 is 11.6 Å². The first kappa shape index (κ1) is 15.1. The molecule has 0 saturated carbocycles. The van der Waals surface area contributed by atoms with E-state index in [0.29, 0.717) is 0 Å². The Morgan fingerprint density at radius 2 is 1.81 bits per heavy atom. The average Bonchev–Trinajstić information content (AvgIpc) is 2.42. The third-order valence-electron chi connectivity index (χ3n) is 2.74. The van der Waals surface area contributed by atoms with Crippen LogP contribution in [0.5, 0.6) is 0 Å². The molecule has 110 valence electrons. The highest BCUT2D eigenvalue weighted by Crippen LogP contribution is 2.27. The van der Waals surface area contributed by atoms with Gasteiger partial charge in [-0.1, -0.05) is 17.7 Å². The van der Waals surface area contributed by atoms with Crippen molar-refractivity contribution in [2.75, 3.05) is 5.32 Å². The van der Waals surface area contributed by atoms with Crippen LogP contribution in [0.3, 0.4) is 0 Å². The maximum absolute atomic E-state index is 13.1. The van der Waals surface area contributed by atoms with Crippen LogP contribution in [-0.4, -0.2) is 4.92 Å². The Kier molecular flexibility index (Phi) is 4.32. The van der Waals surface area contributed by atoms with Crippen LogP contribution in [0.1, 0.15) is 5.56 Å². The zero-order valence-corrected chi connectivity index (χ0v) is 11.1. The van der Waals surface area contributed by atoms with Crippen LogP contribution in [0, 0.1) is 27.6 Å². The van der Waals surface area contributed by atoms with Gasteiger partial charge in [-0.05, 0) is 6.07 Å². The van der Waals surface area contributed by atoms with Gasteiger partial charge >= 0.3 is 0 Å². The van der Waals surface area contributed by atoms with Crippen molar-refractivity contribution in [1.29, 1.82) is 0 Å². The number of hydrogen-bond donors (Lipinski definition) is 1. The Morgan fingerprint density at radius 3 is 2.38 bits per heavy atom. The SMILES string of the molecule is O=[N+]([O-])c1cccc(Cl)c1CNc1cc(F)c(F)c(F)c1. The molecule has 1 N–H and O–H groups in total. The molecular formula is C13H8ClF3N2O2. The van der Waals surface area contributed by atoms with Crippen molar-refractivity contribution in [2.24, 2.45) is 0 Å². The molecule has 0 aliphatic carbocycles. The van der Waals surface area contributed by atoms with E-state index < -0.39 is 22.4 Å². The topological polar surface area (TPSA) is 55.2 Å². The van der Waals surface area contributed by atoms with E-state index in [1.165, 1.54) is 18.2 Å². The van der Waals surface area contributed by atoms with Gasteiger partial charge in [0.1, 0.15) is 0 Å². The Bertz CT molecular complexity index is 687. The van der Waals surface area contributed by atoms with Crippen LogP contribution in [0.25, 0.3) is 0 Å². The number of anilines is 1. The van der Waals surface area contributed by atoms with Gasteiger partial charge in [0.05, 0.1) is 15.5 Å². The molecule has 0 bridgehead atoms. The Morgan fingerprint density at radius 1 is 1.19 bits per heavy atom.